The monoisotopic (exact) mass is 311 g/mol. The van der Waals surface area contributed by atoms with Crippen LogP contribution < -0.4 is 5.73 Å². The summed E-state index contributed by atoms with van der Waals surface area (Å²) >= 11 is 1.56. The molecule has 21 heavy (non-hydrogen) atoms. The highest BCUT2D eigenvalue weighted by molar-refractivity contribution is 7.99. The van der Waals surface area contributed by atoms with Crippen molar-refractivity contribution in [1.29, 1.82) is 0 Å². The molecule has 0 aliphatic heterocycles. The average Bonchev–Trinajstić information content (AvgIpc) is 2.50. The van der Waals surface area contributed by atoms with Gasteiger partial charge < -0.3 is 15.9 Å². The topological polar surface area (TPSA) is 101 Å². The molecule has 1 aromatic carbocycles. The fourth-order valence-corrected chi connectivity index (χ4v) is 2.82. The predicted octanol–water partition coefficient (Wildman–Crippen LogP) is 1.55. The minimum absolute atomic E-state index is 0.0345. The summed E-state index contributed by atoms with van der Waals surface area (Å²) in [6.45, 7) is 2.02. The fraction of sp³-hybridized carbons (Fsp3) is 0.467. The van der Waals surface area contributed by atoms with Crippen molar-refractivity contribution >= 4 is 23.5 Å². The summed E-state index contributed by atoms with van der Waals surface area (Å²) in [6.07, 6.45) is -0.757. The number of benzene rings is 1. The third-order valence-electron chi connectivity index (χ3n) is 3.20. The minimum atomic E-state index is -1.96. The molecular weight excluding hydrogens is 290 g/mol. The Bertz CT molecular complexity index is 480. The smallest absolute Gasteiger partial charge is 0.326 e. The summed E-state index contributed by atoms with van der Waals surface area (Å²) in [5.74, 6) is -0.661. The first kappa shape index (κ1) is 17.7. The van der Waals surface area contributed by atoms with Crippen LogP contribution in [0.5, 0.6) is 0 Å². The Hall–Kier alpha value is -1.37. The van der Waals surface area contributed by atoms with Crippen molar-refractivity contribution in [3.63, 3.8) is 0 Å². The molecule has 4 N–H and O–H groups in total. The number of carboxylic acids is 1. The van der Waals surface area contributed by atoms with Crippen molar-refractivity contribution < 1.29 is 19.8 Å². The average molecular weight is 311 g/mol. The fourth-order valence-electron chi connectivity index (χ4n) is 1.84. The lowest BCUT2D eigenvalue weighted by atomic mass is 9.86. The summed E-state index contributed by atoms with van der Waals surface area (Å²) in [4.78, 5) is 23.6. The van der Waals surface area contributed by atoms with Crippen LogP contribution in [0.1, 0.15) is 30.1 Å². The van der Waals surface area contributed by atoms with Crippen LogP contribution in [0, 0.1) is 0 Å². The first-order valence-corrected chi connectivity index (χ1v) is 7.96. The van der Waals surface area contributed by atoms with Crippen molar-refractivity contribution in [3.8, 4) is 0 Å². The maximum absolute atomic E-state index is 12.2. The van der Waals surface area contributed by atoms with Crippen LogP contribution >= 0.6 is 11.8 Å². The molecule has 0 aliphatic rings. The molecule has 0 aromatic heterocycles. The van der Waals surface area contributed by atoms with Gasteiger partial charge in [0, 0.05) is 5.56 Å². The van der Waals surface area contributed by atoms with E-state index in [4.69, 9.17) is 5.73 Å². The van der Waals surface area contributed by atoms with E-state index >= 15 is 0 Å². The largest absolute Gasteiger partial charge is 0.480 e. The SMILES string of the molecule is CCCSCCC(N)(C(=O)O)C(O)C(=O)c1ccccc1. The third kappa shape index (κ3) is 4.56. The maximum Gasteiger partial charge on any atom is 0.326 e. The van der Waals surface area contributed by atoms with Crippen LogP contribution in [0.3, 0.4) is 0 Å². The van der Waals surface area contributed by atoms with Gasteiger partial charge in [-0.25, -0.2) is 0 Å². The number of hydrogen-bond donors (Lipinski definition) is 3. The molecule has 0 radical (unpaired) electrons. The van der Waals surface area contributed by atoms with Crippen molar-refractivity contribution in [2.45, 2.75) is 31.4 Å². The van der Waals surface area contributed by atoms with E-state index in [0.717, 1.165) is 12.2 Å². The van der Waals surface area contributed by atoms with Gasteiger partial charge in [0.1, 0.15) is 11.6 Å². The second-order valence-electron chi connectivity index (χ2n) is 4.84. The van der Waals surface area contributed by atoms with Gasteiger partial charge in [0.05, 0.1) is 0 Å². The molecule has 0 saturated carbocycles. The Morgan fingerprint density at radius 3 is 2.43 bits per heavy atom. The van der Waals surface area contributed by atoms with E-state index in [9.17, 15) is 19.8 Å². The summed E-state index contributed by atoms with van der Waals surface area (Å²) < 4.78 is 0. The Morgan fingerprint density at radius 2 is 1.90 bits per heavy atom. The Kier molecular flexibility index (Phi) is 6.87. The van der Waals surface area contributed by atoms with Gasteiger partial charge in [-0.1, -0.05) is 37.3 Å². The number of carbonyl (C=O) groups excluding carboxylic acids is 1. The van der Waals surface area contributed by atoms with Gasteiger partial charge in [-0.3, -0.25) is 9.59 Å². The summed E-state index contributed by atoms with van der Waals surface area (Å²) in [5.41, 5.74) is 4.11. The second kappa shape index (κ2) is 8.17. The number of aliphatic carboxylic acids is 1. The molecule has 0 amide bonds. The third-order valence-corrected chi connectivity index (χ3v) is 4.39. The zero-order valence-electron chi connectivity index (χ0n) is 12.0. The number of nitrogens with two attached hydrogens (primary N) is 1. The lowest BCUT2D eigenvalue weighted by Crippen LogP contribution is -2.60. The second-order valence-corrected chi connectivity index (χ2v) is 6.07. The van der Waals surface area contributed by atoms with Crippen molar-refractivity contribution in [3.05, 3.63) is 35.9 Å². The Balaban J connectivity index is 2.83. The van der Waals surface area contributed by atoms with Crippen molar-refractivity contribution in [2.24, 2.45) is 5.73 Å². The van der Waals surface area contributed by atoms with E-state index in [1.165, 1.54) is 12.1 Å². The summed E-state index contributed by atoms with van der Waals surface area (Å²) in [7, 11) is 0. The summed E-state index contributed by atoms with van der Waals surface area (Å²) in [6, 6.07) is 8.09. The normalized spacial score (nSPS) is 15.2. The van der Waals surface area contributed by atoms with Crippen molar-refractivity contribution in [2.75, 3.05) is 11.5 Å². The quantitative estimate of drug-likeness (QED) is 0.472. The predicted molar refractivity (Wildman–Crippen MR) is 83.6 cm³/mol. The molecule has 1 rings (SSSR count). The van der Waals surface area contributed by atoms with Crippen LogP contribution in [0.2, 0.25) is 0 Å². The number of Topliss-reactive ketones (excluding diaryl/α,β-unsaturated/α-hetero) is 1. The highest BCUT2D eigenvalue weighted by Crippen LogP contribution is 2.20. The molecule has 6 heteroatoms. The van der Waals surface area contributed by atoms with Gasteiger partial charge in [-0.15, -0.1) is 0 Å². The minimum Gasteiger partial charge on any atom is -0.480 e. The standard InChI is InChI=1S/C15H21NO4S/c1-2-9-21-10-8-15(16,14(19)20)13(18)12(17)11-6-4-3-5-7-11/h3-7,13,18H,2,8-10,16H2,1H3,(H,19,20). The Labute approximate surface area is 128 Å². The van der Waals surface area contributed by atoms with Crippen LogP contribution in [0.15, 0.2) is 30.3 Å². The van der Waals surface area contributed by atoms with Crippen LogP contribution in [0.4, 0.5) is 0 Å². The van der Waals surface area contributed by atoms with Gasteiger partial charge in [-0.2, -0.15) is 11.8 Å². The molecule has 0 bridgehead atoms. The molecule has 0 fully saturated rings. The molecule has 1 aromatic rings. The molecule has 2 unspecified atom stereocenters. The highest BCUT2D eigenvalue weighted by Gasteiger charge is 2.45. The maximum atomic E-state index is 12.2. The van der Waals surface area contributed by atoms with Gasteiger partial charge in [0.15, 0.2) is 5.78 Å². The first-order chi connectivity index (χ1) is 9.93. The molecule has 116 valence electrons. The number of aliphatic hydroxyl groups is 1. The molecule has 0 aliphatic carbocycles. The molecule has 0 saturated heterocycles. The van der Waals surface area contributed by atoms with Crippen LogP contribution in [-0.4, -0.2) is 45.1 Å². The van der Waals surface area contributed by atoms with E-state index in [1.807, 2.05) is 6.92 Å². The molecule has 2 atom stereocenters. The van der Waals surface area contributed by atoms with E-state index in [1.54, 1.807) is 30.0 Å². The zero-order valence-corrected chi connectivity index (χ0v) is 12.8. The molecule has 5 nitrogen and oxygen atoms in total. The Morgan fingerprint density at radius 1 is 1.29 bits per heavy atom. The van der Waals surface area contributed by atoms with E-state index < -0.39 is 23.4 Å². The van der Waals surface area contributed by atoms with Gasteiger partial charge in [0.25, 0.3) is 0 Å². The van der Waals surface area contributed by atoms with Crippen molar-refractivity contribution in [1.82, 2.24) is 0 Å². The first-order valence-electron chi connectivity index (χ1n) is 6.80. The number of hydrogen-bond acceptors (Lipinski definition) is 5. The van der Waals surface area contributed by atoms with E-state index in [2.05, 4.69) is 0 Å². The molecule has 0 heterocycles. The molecule has 0 spiro atoms. The van der Waals surface area contributed by atoms with Gasteiger partial charge in [-0.05, 0) is 24.3 Å². The van der Waals surface area contributed by atoms with Gasteiger partial charge >= 0.3 is 5.97 Å². The number of aliphatic hydroxyl groups excluding tert-OH is 1. The zero-order chi connectivity index (χ0) is 15.9. The van der Waals surface area contributed by atoms with E-state index in [-0.39, 0.29) is 12.0 Å². The van der Waals surface area contributed by atoms with E-state index in [0.29, 0.717) is 5.75 Å². The number of rotatable bonds is 9. The van der Waals surface area contributed by atoms with Crippen LogP contribution in [-0.2, 0) is 4.79 Å². The lowest BCUT2D eigenvalue weighted by molar-refractivity contribution is -0.146. The molecular formula is C15H21NO4S. The van der Waals surface area contributed by atoms with Gasteiger partial charge in [0.2, 0.25) is 0 Å². The number of thioether (sulfide) groups is 1. The summed E-state index contributed by atoms with van der Waals surface area (Å²) in [5, 5.41) is 19.5. The lowest BCUT2D eigenvalue weighted by Gasteiger charge is -2.29. The number of carboxylic acid groups (broad SMARTS) is 1. The highest BCUT2D eigenvalue weighted by atomic mass is 32.2. The number of ketones is 1. The van der Waals surface area contributed by atoms with Crippen LogP contribution in [0.25, 0.3) is 0 Å². The number of carbonyl (C=O) groups is 2.